The van der Waals surface area contributed by atoms with Gasteiger partial charge in [-0.15, -0.1) is 0 Å². The van der Waals surface area contributed by atoms with Crippen LogP contribution in [0.3, 0.4) is 0 Å². The van der Waals surface area contributed by atoms with Crippen LogP contribution in [0.2, 0.25) is 10.0 Å². The fourth-order valence-corrected chi connectivity index (χ4v) is 1.87. The van der Waals surface area contributed by atoms with E-state index in [4.69, 9.17) is 28.9 Å². The summed E-state index contributed by atoms with van der Waals surface area (Å²) < 4.78 is 0. The number of benzene rings is 1. The molecule has 3 N–H and O–H groups in total. The Labute approximate surface area is 111 Å². The van der Waals surface area contributed by atoms with Gasteiger partial charge in [0.05, 0.1) is 0 Å². The lowest BCUT2D eigenvalue weighted by Crippen LogP contribution is -2.31. The van der Waals surface area contributed by atoms with Crippen molar-refractivity contribution >= 4 is 29.1 Å². The highest BCUT2D eigenvalue weighted by molar-refractivity contribution is 6.35. The van der Waals surface area contributed by atoms with Gasteiger partial charge in [0.2, 0.25) is 5.91 Å². The predicted octanol–water partition coefficient (Wildman–Crippen LogP) is 2.25. The zero-order valence-corrected chi connectivity index (χ0v) is 11.2. The average molecular weight is 275 g/mol. The summed E-state index contributed by atoms with van der Waals surface area (Å²) in [7, 11) is 0. The maximum Gasteiger partial charge on any atom is 0.221 e. The molecule has 0 saturated carbocycles. The Morgan fingerprint density at radius 3 is 2.76 bits per heavy atom. The van der Waals surface area contributed by atoms with Gasteiger partial charge in [-0.05, 0) is 30.7 Å². The van der Waals surface area contributed by atoms with Crippen LogP contribution in [0.25, 0.3) is 0 Å². The largest absolute Gasteiger partial charge is 0.369 e. The van der Waals surface area contributed by atoms with E-state index in [-0.39, 0.29) is 11.8 Å². The lowest BCUT2D eigenvalue weighted by atomic mass is 10.1. The summed E-state index contributed by atoms with van der Waals surface area (Å²) >= 11 is 11.8. The first-order valence-corrected chi connectivity index (χ1v) is 6.20. The third kappa shape index (κ3) is 4.94. The van der Waals surface area contributed by atoms with Gasteiger partial charge in [0.15, 0.2) is 0 Å². The van der Waals surface area contributed by atoms with E-state index in [0.29, 0.717) is 16.6 Å². The standard InChI is InChI=1S/C12H16Cl2N2O/c1-8(12(15)17)7-16-5-4-9-2-3-10(13)6-11(9)14/h2-3,6,8,16H,4-5,7H2,1H3,(H2,15,17). The summed E-state index contributed by atoms with van der Waals surface area (Å²) in [5.41, 5.74) is 6.19. The van der Waals surface area contributed by atoms with Crippen molar-refractivity contribution in [3.8, 4) is 0 Å². The quantitative estimate of drug-likeness (QED) is 0.782. The van der Waals surface area contributed by atoms with Crippen LogP contribution in [-0.4, -0.2) is 19.0 Å². The number of hydrogen-bond acceptors (Lipinski definition) is 2. The van der Waals surface area contributed by atoms with Crippen LogP contribution in [-0.2, 0) is 11.2 Å². The molecular weight excluding hydrogens is 259 g/mol. The summed E-state index contributed by atoms with van der Waals surface area (Å²) in [6.07, 6.45) is 0.793. The van der Waals surface area contributed by atoms with E-state index in [1.165, 1.54) is 0 Å². The minimum Gasteiger partial charge on any atom is -0.369 e. The molecule has 1 atom stereocenters. The molecule has 0 aliphatic carbocycles. The molecule has 5 heteroatoms. The summed E-state index contributed by atoms with van der Waals surface area (Å²) in [6.45, 7) is 3.13. The van der Waals surface area contributed by atoms with Crippen molar-refractivity contribution in [3.05, 3.63) is 33.8 Å². The summed E-state index contributed by atoms with van der Waals surface area (Å²) in [4.78, 5) is 10.8. The molecule has 17 heavy (non-hydrogen) atoms. The topological polar surface area (TPSA) is 55.1 Å². The zero-order chi connectivity index (χ0) is 12.8. The van der Waals surface area contributed by atoms with E-state index in [9.17, 15) is 4.79 Å². The molecule has 0 saturated heterocycles. The Morgan fingerprint density at radius 1 is 1.47 bits per heavy atom. The molecule has 0 heterocycles. The highest BCUT2D eigenvalue weighted by atomic mass is 35.5. The third-order valence-electron chi connectivity index (χ3n) is 2.52. The van der Waals surface area contributed by atoms with Gasteiger partial charge in [-0.3, -0.25) is 4.79 Å². The SMILES string of the molecule is CC(CNCCc1ccc(Cl)cc1Cl)C(N)=O. The molecule has 0 fully saturated rings. The van der Waals surface area contributed by atoms with E-state index in [1.54, 1.807) is 13.0 Å². The Balaban J connectivity index is 2.34. The van der Waals surface area contributed by atoms with E-state index in [2.05, 4.69) is 5.32 Å². The van der Waals surface area contributed by atoms with E-state index < -0.39 is 0 Å². The van der Waals surface area contributed by atoms with Crippen LogP contribution < -0.4 is 11.1 Å². The molecule has 0 aliphatic heterocycles. The Kier molecular flexibility index (Phi) is 5.75. The van der Waals surface area contributed by atoms with Gasteiger partial charge in [-0.2, -0.15) is 0 Å². The van der Waals surface area contributed by atoms with Crippen molar-refractivity contribution in [2.45, 2.75) is 13.3 Å². The van der Waals surface area contributed by atoms with Gasteiger partial charge < -0.3 is 11.1 Å². The normalized spacial score (nSPS) is 12.4. The Morgan fingerprint density at radius 2 is 2.18 bits per heavy atom. The van der Waals surface area contributed by atoms with Crippen LogP contribution >= 0.6 is 23.2 Å². The lowest BCUT2D eigenvalue weighted by Gasteiger charge is -2.09. The summed E-state index contributed by atoms with van der Waals surface area (Å²) in [6, 6.07) is 5.45. The monoisotopic (exact) mass is 274 g/mol. The van der Waals surface area contributed by atoms with Crippen LogP contribution in [0.4, 0.5) is 0 Å². The molecule has 0 aliphatic rings. The number of halogens is 2. The van der Waals surface area contributed by atoms with E-state index >= 15 is 0 Å². The minimum atomic E-state index is -0.290. The van der Waals surface area contributed by atoms with Crippen LogP contribution in [0.1, 0.15) is 12.5 Å². The van der Waals surface area contributed by atoms with Gasteiger partial charge in [-0.1, -0.05) is 36.2 Å². The molecule has 3 nitrogen and oxygen atoms in total. The predicted molar refractivity (Wildman–Crippen MR) is 71.4 cm³/mol. The first-order chi connectivity index (χ1) is 8.00. The summed E-state index contributed by atoms with van der Waals surface area (Å²) in [5, 5.41) is 4.47. The lowest BCUT2D eigenvalue weighted by molar-refractivity contribution is -0.121. The van der Waals surface area contributed by atoms with E-state index in [1.807, 2.05) is 12.1 Å². The second-order valence-electron chi connectivity index (χ2n) is 3.99. The van der Waals surface area contributed by atoms with Crippen LogP contribution in [0, 0.1) is 5.92 Å². The van der Waals surface area contributed by atoms with Crippen molar-refractivity contribution in [1.82, 2.24) is 5.32 Å². The van der Waals surface area contributed by atoms with Crippen molar-refractivity contribution < 1.29 is 4.79 Å². The van der Waals surface area contributed by atoms with Crippen molar-refractivity contribution in [3.63, 3.8) is 0 Å². The second-order valence-corrected chi connectivity index (χ2v) is 4.84. The molecule has 0 aromatic heterocycles. The smallest absolute Gasteiger partial charge is 0.221 e. The molecule has 1 rings (SSSR count). The molecular formula is C12H16Cl2N2O. The molecule has 0 bridgehead atoms. The van der Waals surface area contributed by atoms with Gasteiger partial charge in [0, 0.05) is 22.5 Å². The van der Waals surface area contributed by atoms with Gasteiger partial charge in [0.1, 0.15) is 0 Å². The fourth-order valence-electron chi connectivity index (χ4n) is 1.37. The van der Waals surface area contributed by atoms with Crippen molar-refractivity contribution in [1.29, 1.82) is 0 Å². The van der Waals surface area contributed by atoms with Crippen molar-refractivity contribution in [2.75, 3.05) is 13.1 Å². The van der Waals surface area contributed by atoms with E-state index in [0.717, 1.165) is 18.5 Å². The number of hydrogen-bond donors (Lipinski definition) is 2. The molecule has 1 aromatic carbocycles. The number of nitrogens with one attached hydrogen (secondary N) is 1. The minimum absolute atomic E-state index is 0.157. The van der Waals surface area contributed by atoms with Gasteiger partial charge >= 0.3 is 0 Å². The molecule has 0 radical (unpaired) electrons. The average Bonchev–Trinajstić information content (AvgIpc) is 2.26. The molecule has 0 spiro atoms. The van der Waals surface area contributed by atoms with Gasteiger partial charge in [-0.25, -0.2) is 0 Å². The Hall–Kier alpha value is -0.770. The molecule has 94 valence electrons. The highest BCUT2D eigenvalue weighted by Crippen LogP contribution is 2.20. The zero-order valence-electron chi connectivity index (χ0n) is 9.67. The molecule has 1 unspecified atom stereocenters. The van der Waals surface area contributed by atoms with Crippen LogP contribution in [0.15, 0.2) is 18.2 Å². The highest BCUT2D eigenvalue weighted by Gasteiger charge is 2.07. The fraction of sp³-hybridized carbons (Fsp3) is 0.417. The first kappa shape index (κ1) is 14.3. The first-order valence-electron chi connectivity index (χ1n) is 5.44. The number of carbonyl (C=O) groups is 1. The van der Waals surface area contributed by atoms with Gasteiger partial charge in [0.25, 0.3) is 0 Å². The molecule has 1 amide bonds. The Bertz CT molecular complexity index is 396. The third-order valence-corrected chi connectivity index (χ3v) is 3.11. The number of amides is 1. The number of nitrogens with two attached hydrogens (primary N) is 1. The number of primary amides is 1. The van der Waals surface area contributed by atoms with Crippen molar-refractivity contribution in [2.24, 2.45) is 11.7 Å². The molecule has 1 aromatic rings. The number of rotatable bonds is 6. The second kappa shape index (κ2) is 6.84. The maximum absolute atomic E-state index is 10.8. The number of carbonyl (C=O) groups excluding carboxylic acids is 1. The maximum atomic E-state index is 10.8. The van der Waals surface area contributed by atoms with Crippen LogP contribution in [0.5, 0.6) is 0 Å². The summed E-state index contributed by atoms with van der Waals surface area (Å²) in [5.74, 6) is -0.447.